The highest BCUT2D eigenvalue weighted by molar-refractivity contribution is 7.89. The fourth-order valence-electron chi connectivity index (χ4n) is 4.65. The van der Waals surface area contributed by atoms with Crippen molar-refractivity contribution in [2.45, 2.75) is 50.0 Å². The number of carbonyl (C=O) groups is 1. The van der Waals surface area contributed by atoms with Gasteiger partial charge in [-0.1, -0.05) is 24.3 Å². The lowest BCUT2D eigenvalue weighted by molar-refractivity contribution is -0.126. The first kappa shape index (κ1) is 21.8. The quantitative estimate of drug-likeness (QED) is 0.743. The molecule has 2 aromatic carbocycles. The second-order valence-corrected chi connectivity index (χ2v) is 10.4. The molecule has 1 N–H and O–H groups in total. The normalized spacial score (nSPS) is 18.4. The van der Waals surface area contributed by atoms with Crippen LogP contribution in [-0.2, 0) is 27.7 Å². The molecule has 4 rings (SSSR count). The molecule has 2 aliphatic rings. The minimum absolute atomic E-state index is 0.0343. The fraction of sp³-hybridized carbons (Fsp3) is 0.458. The third-order valence-electron chi connectivity index (χ3n) is 6.50. The summed E-state index contributed by atoms with van der Waals surface area (Å²) in [6, 6.07) is 13.0. The first-order valence-corrected chi connectivity index (χ1v) is 12.4. The molecule has 31 heavy (non-hydrogen) atoms. The summed E-state index contributed by atoms with van der Waals surface area (Å²) in [5.41, 5.74) is 3.34. The van der Waals surface area contributed by atoms with E-state index in [1.54, 1.807) is 13.2 Å². The van der Waals surface area contributed by atoms with E-state index in [-0.39, 0.29) is 17.9 Å². The Morgan fingerprint density at radius 2 is 1.81 bits per heavy atom. The summed E-state index contributed by atoms with van der Waals surface area (Å²) < 4.78 is 33.1. The molecule has 0 aromatic heterocycles. The fourth-order valence-corrected chi connectivity index (χ4v) is 6.17. The van der Waals surface area contributed by atoms with Crippen molar-refractivity contribution >= 4 is 15.9 Å². The molecule has 1 amide bonds. The molecule has 0 saturated carbocycles. The molecule has 166 valence electrons. The molecule has 1 aliphatic heterocycles. The first-order valence-electron chi connectivity index (χ1n) is 11.0. The average Bonchev–Trinajstić information content (AvgIpc) is 3.27. The predicted octanol–water partition coefficient (Wildman–Crippen LogP) is 3.46. The van der Waals surface area contributed by atoms with E-state index in [1.165, 1.54) is 9.87 Å². The van der Waals surface area contributed by atoms with Crippen molar-refractivity contribution in [1.82, 2.24) is 9.62 Å². The zero-order chi connectivity index (χ0) is 22.0. The van der Waals surface area contributed by atoms with Crippen molar-refractivity contribution in [3.8, 4) is 5.75 Å². The van der Waals surface area contributed by atoms with Crippen molar-refractivity contribution in [2.24, 2.45) is 5.92 Å². The Morgan fingerprint density at radius 1 is 1.10 bits per heavy atom. The standard InChI is InChI=1S/C24H30N2O4S/c1-17(22-8-3-4-9-23(22)30-2)25-24(27)19-12-14-26(15-13-19)31(28,29)21-11-10-18-6-5-7-20(18)16-21/h3-4,8-11,16-17,19H,5-7,12-15H2,1-2H3,(H,25,27)/t17-/m1/s1. The average molecular weight is 443 g/mol. The maximum atomic E-state index is 13.1. The van der Waals surface area contributed by atoms with Crippen LogP contribution in [0.4, 0.5) is 0 Å². The SMILES string of the molecule is COc1ccccc1[C@@H](C)NC(=O)C1CCN(S(=O)(=O)c2ccc3c(c2)CCC3)CC1. The number of hydrogen-bond acceptors (Lipinski definition) is 4. The molecule has 0 unspecified atom stereocenters. The van der Waals surface area contributed by atoms with E-state index in [0.29, 0.717) is 30.8 Å². The van der Waals surface area contributed by atoms with Gasteiger partial charge in [-0.25, -0.2) is 8.42 Å². The van der Waals surface area contributed by atoms with Gasteiger partial charge in [-0.15, -0.1) is 0 Å². The smallest absolute Gasteiger partial charge is 0.243 e. The van der Waals surface area contributed by atoms with E-state index in [1.807, 2.05) is 43.3 Å². The summed E-state index contributed by atoms with van der Waals surface area (Å²) in [6.07, 6.45) is 4.12. The van der Waals surface area contributed by atoms with Crippen LogP contribution in [0.5, 0.6) is 5.75 Å². The molecule has 1 heterocycles. The second-order valence-electron chi connectivity index (χ2n) is 8.43. The van der Waals surface area contributed by atoms with Crippen LogP contribution in [0, 0.1) is 5.92 Å². The van der Waals surface area contributed by atoms with Crippen LogP contribution in [0.1, 0.15) is 48.9 Å². The highest BCUT2D eigenvalue weighted by Gasteiger charge is 2.33. The van der Waals surface area contributed by atoms with Gasteiger partial charge in [0.25, 0.3) is 0 Å². The molecule has 1 saturated heterocycles. The summed E-state index contributed by atoms with van der Waals surface area (Å²) in [4.78, 5) is 13.2. The number of rotatable bonds is 6. The molecule has 0 radical (unpaired) electrons. The number of benzene rings is 2. The molecule has 0 bridgehead atoms. The van der Waals surface area contributed by atoms with Crippen LogP contribution in [-0.4, -0.2) is 38.8 Å². The number of para-hydroxylation sites is 1. The minimum atomic E-state index is -3.52. The lowest BCUT2D eigenvalue weighted by atomic mass is 9.96. The van der Waals surface area contributed by atoms with Gasteiger partial charge in [0.05, 0.1) is 18.0 Å². The van der Waals surface area contributed by atoms with Crippen LogP contribution >= 0.6 is 0 Å². The number of nitrogens with zero attached hydrogens (tertiary/aromatic N) is 1. The van der Waals surface area contributed by atoms with Gasteiger partial charge in [0.2, 0.25) is 15.9 Å². The molecule has 1 aliphatic carbocycles. The van der Waals surface area contributed by atoms with E-state index < -0.39 is 10.0 Å². The van der Waals surface area contributed by atoms with Gasteiger partial charge in [0.15, 0.2) is 0 Å². The van der Waals surface area contributed by atoms with Gasteiger partial charge in [0, 0.05) is 24.6 Å². The molecule has 1 fully saturated rings. The van der Waals surface area contributed by atoms with E-state index in [0.717, 1.165) is 36.1 Å². The lowest BCUT2D eigenvalue weighted by Crippen LogP contribution is -2.43. The summed E-state index contributed by atoms with van der Waals surface area (Å²) in [5.74, 6) is 0.516. The van der Waals surface area contributed by atoms with Gasteiger partial charge in [-0.3, -0.25) is 4.79 Å². The Bertz CT molecular complexity index is 1060. The number of sulfonamides is 1. The Morgan fingerprint density at radius 3 is 2.55 bits per heavy atom. The van der Waals surface area contributed by atoms with Crippen molar-refractivity contribution in [1.29, 1.82) is 0 Å². The second kappa shape index (κ2) is 9.01. The number of methoxy groups -OCH3 is 1. The summed E-state index contributed by atoms with van der Waals surface area (Å²) in [7, 11) is -1.91. The third kappa shape index (κ3) is 4.48. The van der Waals surface area contributed by atoms with E-state index >= 15 is 0 Å². The summed E-state index contributed by atoms with van der Waals surface area (Å²) in [6.45, 7) is 2.66. The van der Waals surface area contributed by atoms with Gasteiger partial charge >= 0.3 is 0 Å². The number of fused-ring (bicyclic) bond motifs is 1. The molecule has 1 atom stereocenters. The molecule has 7 heteroatoms. The van der Waals surface area contributed by atoms with Gasteiger partial charge in [-0.05, 0) is 68.4 Å². The van der Waals surface area contributed by atoms with E-state index in [2.05, 4.69) is 5.32 Å². The predicted molar refractivity (Wildman–Crippen MR) is 120 cm³/mol. The highest BCUT2D eigenvalue weighted by atomic mass is 32.2. The zero-order valence-corrected chi connectivity index (χ0v) is 19.0. The molecule has 6 nitrogen and oxygen atoms in total. The summed E-state index contributed by atoms with van der Waals surface area (Å²) in [5, 5.41) is 3.07. The Hall–Kier alpha value is -2.38. The van der Waals surface area contributed by atoms with Gasteiger partial charge in [-0.2, -0.15) is 4.31 Å². The lowest BCUT2D eigenvalue weighted by Gasteiger charge is -2.31. The maximum Gasteiger partial charge on any atom is 0.243 e. The van der Waals surface area contributed by atoms with Crippen LogP contribution in [0.3, 0.4) is 0 Å². The van der Waals surface area contributed by atoms with Crippen LogP contribution < -0.4 is 10.1 Å². The van der Waals surface area contributed by atoms with Crippen molar-refractivity contribution in [3.63, 3.8) is 0 Å². The number of hydrogen-bond donors (Lipinski definition) is 1. The summed E-state index contributed by atoms with van der Waals surface area (Å²) >= 11 is 0. The number of carbonyl (C=O) groups excluding carboxylic acids is 1. The van der Waals surface area contributed by atoms with Crippen molar-refractivity contribution in [2.75, 3.05) is 20.2 Å². The molecule has 0 spiro atoms. The number of nitrogens with one attached hydrogen (secondary N) is 1. The monoisotopic (exact) mass is 442 g/mol. The molecular formula is C24H30N2O4S. The van der Waals surface area contributed by atoms with Crippen LogP contribution in [0.15, 0.2) is 47.4 Å². The molecule has 2 aromatic rings. The van der Waals surface area contributed by atoms with Crippen molar-refractivity contribution < 1.29 is 17.9 Å². The van der Waals surface area contributed by atoms with Crippen LogP contribution in [0.2, 0.25) is 0 Å². The largest absolute Gasteiger partial charge is 0.496 e. The van der Waals surface area contributed by atoms with Crippen LogP contribution in [0.25, 0.3) is 0 Å². The van der Waals surface area contributed by atoms with E-state index in [4.69, 9.17) is 4.74 Å². The third-order valence-corrected chi connectivity index (χ3v) is 8.39. The van der Waals surface area contributed by atoms with Gasteiger partial charge < -0.3 is 10.1 Å². The maximum absolute atomic E-state index is 13.1. The Kier molecular flexibility index (Phi) is 6.34. The number of ether oxygens (including phenoxy) is 1. The zero-order valence-electron chi connectivity index (χ0n) is 18.1. The first-order chi connectivity index (χ1) is 14.9. The number of piperidine rings is 1. The Balaban J connectivity index is 1.37. The number of aryl methyl sites for hydroxylation is 2. The topological polar surface area (TPSA) is 75.7 Å². The van der Waals surface area contributed by atoms with Crippen molar-refractivity contribution in [3.05, 3.63) is 59.2 Å². The highest BCUT2D eigenvalue weighted by Crippen LogP contribution is 2.29. The van der Waals surface area contributed by atoms with Gasteiger partial charge in [0.1, 0.15) is 5.75 Å². The number of amides is 1. The minimum Gasteiger partial charge on any atom is -0.496 e. The Labute approximate surface area is 184 Å². The molecular weight excluding hydrogens is 412 g/mol. The van der Waals surface area contributed by atoms with E-state index in [9.17, 15) is 13.2 Å².